The maximum atomic E-state index is 13.7. The summed E-state index contributed by atoms with van der Waals surface area (Å²) in [4.78, 5) is 34.6. The van der Waals surface area contributed by atoms with Crippen LogP contribution in [-0.2, 0) is 14.4 Å². The zero-order chi connectivity index (χ0) is 25.0. The molecular weight excluding hydrogens is 499 g/mol. The van der Waals surface area contributed by atoms with Gasteiger partial charge in [0.1, 0.15) is 23.5 Å². The molecule has 0 spiro atoms. The lowest BCUT2D eigenvalue weighted by Gasteiger charge is -2.27. The van der Waals surface area contributed by atoms with Crippen LogP contribution in [0.5, 0.6) is 0 Å². The molecule has 2 aliphatic rings. The van der Waals surface area contributed by atoms with E-state index in [0.29, 0.717) is 38.5 Å². The fourth-order valence-electron chi connectivity index (χ4n) is 4.79. The number of carbonyl (C=O) groups is 2. The van der Waals surface area contributed by atoms with Gasteiger partial charge >= 0.3 is 0 Å². The first-order valence-corrected chi connectivity index (χ1v) is 12.2. The summed E-state index contributed by atoms with van der Waals surface area (Å²) in [7, 11) is 0. The normalized spacial score (nSPS) is 21.4. The highest BCUT2D eigenvalue weighted by atomic mass is 35.5. The molecule has 1 aromatic heterocycles. The number of halogens is 2. The largest absolute Gasteiger partial charge is 0.459 e. The molecule has 0 saturated carbocycles. The second-order valence-electron chi connectivity index (χ2n) is 8.83. The highest BCUT2D eigenvalue weighted by molar-refractivity contribution is 6.35. The number of hydrogen-bond donors (Lipinski definition) is 0. The number of amides is 2. The predicted octanol–water partition coefficient (Wildman–Crippen LogP) is 6.61. The molecule has 3 unspecified atom stereocenters. The van der Waals surface area contributed by atoms with Crippen LogP contribution < -0.4 is 9.96 Å². The van der Waals surface area contributed by atoms with E-state index < -0.39 is 24.0 Å². The first-order chi connectivity index (χ1) is 17.4. The van der Waals surface area contributed by atoms with Gasteiger partial charge in [-0.15, -0.1) is 0 Å². The quantitative estimate of drug-likeness (QED) is 0.284. The lowest BCUT2D eigenvalue weighted by molar-refractivity contribution is -0.126. The van der Waals surface area contributed by atoms with Crippen molar-refractivity contribution in [3.63, 3.8) is 0 Å². The predicted molar refractivity (Wildman–Crippen MR) is 138 cm³/mol. The number of para-hydroxylation sites is 1. The Kier molecular flexibility index (Phi) is 5.60. The van der Waals surface area contributed by atoms with Crippen LogP contribution >= 0.6 is 23.2 Å². The summed E-state index contributed by atoms with van der Waals surface area (Å²) < 4.78 is 6.24. The molecule has 3 aromatic carbocycles. The monoisotopic (exact) mass is 518 g/mol. The van der Waals surface area contributed by atoms with E-state index in [1.165, 1.54) is 4.90 Å². The standard InChI is InChI=1S/C28H20Cl2N2O4/c1-16-7-10-18(11-8-16)31-27(33)24-25(32(36-26(24)28(31)34)19-5-3-2-4-6-19)23-14-13-22(35-23)20-15-17(29)9-12-21(20)30/h2-15,24-26H,1H3. The number of carbonyl (C=O) groups excluding carboxylic acids is 2. The van der Waals surface area contributed by atoms with Gasteiger partial charge in [0.15, 0.2) is 6.10 Å². The number of imide groups is 1. The number of anilines is 2. The molecular formula is C28H20Cl2N2O4. The van der Waals surface area contributed by atoms with Gasteiger partial charge in [-0.1, -0.05) is 59.1 Å². The molecule has 0 N–H and O–H groups in total. The van der Waals surface area contributed by atoms with Gasteiger partial charge in [0, 0.05) is 10.6 Å². The van der Waals surface area contributed by atoms with Gasteiger partial charge in [-0.2, -0.15) is 0 Å². The van der Waals surface area contributed by atoms with E-state index in [9.17, 15) is 9.59 Å². The summed E-state index contributed by atoms with van der Waals surface area (Å²) in [5, 5.41) is 2.60. The average Bonchev–Trinajstić information content (AvgIpc) is 3.57. The van der Waals surface area contributed by atoms with Crippen LogP contribution in [0.3, 0.4) is 0 Å². The Labute approximate surface area is 217 Å². The SMILES string of the molecule is Cc1ccc(N2C(=O)C3ON(c4ccccc4)C(c4ccc(-c5cc(Cl)ccc5Cl)o4)C3C2=O)cc1. The minimum atomic E-state index is -0.979. The topological polar surface area (TPSA) is 63.0 Å². The van der Waals surface area contributed by atoms with Crippen molar-refractivity contribution in [1.29, 1.82) is 0 Å². The van der Waals surface area contributed by atoms with Crippen molar-refractivity contribution in [3.8, 4) is 11.3 Å². The number of furan rings is 1. The highest BCUT2D eigenvalue weighted by Crippen LogP contribution is 2.48. The van der Waals surface area contributed by atoms with Crippen LogP contribution in [0.15, 0.2) is 89.3 Å². The maximum Gasteiger partial charge on any atom is 0.266 e. The number of hydroxylamine groups is 1. The fraction of sp³-hybridized carbons (Fsp3) is 0.143. The summed E-state index contributed by atoms with van der Waals surface area (Å²) in [6, 6.07) is 24.6. The molecule has 6 nitrogen and oxygen atoms in total. The summed E-state index contributed by atoms with van der Waals surface area (Å²) in [6.45, 7) is 1.95. The first kappa shape index (κ1) is 22.9. The van der Waals surface area contributed by atoms with E-state index in [1.807, 2.05) is 49.4 Å². The lowest BCUT2D eigenvalue weighted by Crippen LogP contribution is -2.37. The Bertz CT molecular complexity index is 1470. The third-order valence-corrected chi connectivity index (χ3v) is 7.10. The highest BCUT2D eigenvalue weighted by Gasteiger charge is 2.61. The van der Waals surface area contributed by atoms with E-state index in [1.54, 1.807) is 47.5 Å². The molecule has 36 heavy (non-hydrogen) atoms. The number of hydrogen-bond acceptors (Lipinski definition) is 5. The van der Waals surface area contributed by atoms with Crippen molar-refractivity contribution < 1.29 is 18.8 Å². The first-order valence-electron chi connectivity index (χ1n) is 11.4. The van der Waals surface area contributed by atoms with E-state index in [2.05, 4.69) is 0 Å². The molecule has 2 fully saturated rings. The van der Waals surface area contributed by atoms with Gasteiger partial charge < -0.3 is 4.42 Å². The zero-order valence-corrected chi connectivity index (χ0v) is 20.6. The van der Waals surface area contributed by atoms with Crippen molar-refractivity contribution in [2.75, 3.05) is 9.96 Å². The van der Waals surface area contributed by atoms with E-state index in [0.717, 1.165) is 5.56 Å². The second kappa shape index (κ2) is 8.82. The third-order valence-electron chi connectivity index (χ3n) is 6.53. The van der Waals surface area contributed by atoms with Gasteiger partial charge in [-0.25, -0.2) is 9.96 Å². The molecule has 0 radical (unpaired) electrons. The Morgan fingerprint density at radius 1 is 0.806 bits per heavy atom. The molecule has 3 atom stereocenters. The Morgan fingerprint density at radius 3 is 2.31 bits per heavy atom. The molecule has 0 aliphatic carbocycles. The third kappa shape index (κ3) is 3.69. The Morgan fingerprint density at radius 2 is 1.56 bits per heavy atom. The molecule has 2 amide bonds. The maximum absolute atomic E-state index is 13.7. The summed E-state index contributed by atoms with van der Waals surface area (Å²) >= 11 is 12.6. The number of benzene rings is 3. The van der Waals surface area contributed by atoms with Crippen LogP contribution in [0.4, 0.5) is 11.4 Å². The molecule has 3 heterocycles. The van der Waals surface area contributed by atoms with Gasteiger partial charge in [0.25, 0.3) is 5.91 Å². The van der Waals surface area contributed by atoms with Gasteiger partial charge in [0.2, 0.25) is 5.91 Å². The van der Waals surface area contributed by atoms with Crippen molar-refractivity contribution >= 4 is 46.4 Å². The van der Waals surface area contributed by atoms with E-state index >= 15 is 0 Å². The molecule has 0 bridgehead atoms. The lowest BCUT2D eigenvalue weighted by atomic mass is 9.94. The van der Waals surface area contributed by atoms with Gasteiger partial charge in [-0.05, 0) is 61.5 Å². The van der Waals surface area contributed by atoms with Crippen molar-refractivity contribution in [2.24, 2.45) is 5.92 Å². The number of nitrogens with zero attached hydrogens (tertiary/aromatic N) is 2. The van der Waals surface area contributed by atoms with Crippen molar-refractivity contribution in [3.05, 3.63) is 106 Å². The minimum absolute atomic E-state index is 0.337. The molecule has 180 valence electrons. The average molecular weight is 519 g/mol. The van der Waals surface area contributed by atoms with E-state index in [-0.39, 0.29) is 5.91 Å². The number of fused-ring (bicyclic) bond motifs is 1. The summed E-state index contributed by atoms with van der Waals surface area (Å²) in [6.07, 6.45) is -0.979. The van der Waals surface area contributed by atoms with Gasteiger partial charge in [-0.3, -0.25) is 14.4 Å². The molecule has 2 saturated heterocycles. The Balaban J connectivity index is 1.43. The second-order valence-corrected chi connectivity index (χ2v) is 9.68. The Hall–Kier alpha value is -3.58. The van der Waals surface area contributed by atoms with Crippen molar-refractivity contribution in [1.82, 2.24) is 0 Å². The molecule has 8 heteroatoms. The minimum Gasteiger partial charge on any atom is -0.459 e. The zero-order valence-electron chi connectivity index (χ0n) is 19.1. The van der Waals surface area contributed by atoms with Crippen molar-refractivity contribution in [2.45, 2.75) is 19.1 Å². The number of rotatable bonds is 4. The summed E-state index contributed by atoms with van der Waals surface area (Å²) in [5.41, 5.74) is 2.89. The van der Waals surface area contributed by atoms with Crippen LogP contribution in [0, 0.1) is 12.8 Å². The summed E-state index contributed by atoms with van der Waals surface area (Å²) in [5.74, 6) is -0.559. The smallest absolute Gasteiger partial charge is 0.266 e. The molecule has 2 aliphatic heterocycles. The van der Waals surface area contributed by atoms with E-state index in [4.69, 9.17) is 32.5 Å². The van der Waals surface area contributed by atoms with Crippen LogP contribution in [0.1, 0.15) is 17.4 Å². The molecule has 4 aromatic rings. The molecule has 6 rings (SSSR count). The fourth-order valence-corrected chi connectivity index (χ4v) is 5.18. The van der Waals surface area contributed by atoms with Crippen LogP contribution in [0.2, 0.25) is 10.0 Å². The number of aryl methyl sites for hydroxylation is 1. The van der Waals surface area contributed by atoms with Crippen LogP contribution in [0.25, 0.3) is 11.3 Å². The van der Waals surface area contributed by atoms with Crippen LogP contribution in [-0.4, -0.2) is 17.9 Å². The van der Waals surface area contributed by atoms with Gasteiger partial charge in [0.05, 0.1) is 16.4 Å².